The molecule has 0 radical (unpaired) electrons. The lowest BCUT2D eigenvalue weighted by Gasteiger charge is -2.13. The fraction of sp³-hybridized carbons (Fsp3) is 0.357. The molecule has 2 N–H and O–H groups in total. The van der Waals surface area contributed by atoms with E-state index in [9.17, 15) is 0 Å². The third-order valence-electron chi connectivity index (χ3n) is 3.66. The van der Waals surface area contributed by atoms with E-state index in [1.165, 1.54) is 17.4 Å². The van der Waals surface area contributed by atoms with E-state index in [1.54, 1.807) is 0 Å². The maximum Gasteiger partial charge on any atom is 0.0749 e. The van der Waals surface area contributed by atoms with Crippen molar-refractivity contribution in [3.05, 3.63) is 42.1 Å². The Kier molecular flexibility index (Phi) is 2.18. The lowest BCUT2D eigenvalue weighted by Crippen LogP contribution is -2.14. The minimum atomic E-state index is 0.147. The standard InChI is InChI=1S/C14H16N2/c1-9-8-12(9)13(15)11-6-2-4-10-5-3-7-16-14(10)11/h2-7,9,12-13H,8,15H2,1H3. The third kappa shape index (κ3) is 1.50. The molecule has 0 spiro atoms. The summed E-state index contributed by atoms with van der Waals surface area (Å²) in [5, 5.41) is 1.18. The zero-order valence-electron chi connectivity index (χ0n) is 9.43. The summed E-state index contributed by atoms with van der Waals surface area (Å²) in [4.78, 5) is 4.46. The van der Waals surface area contributed by atoms with Crippen LogP contribution in [0.25, 0.3) is 10.9 Å². The van der Waals surface area contributed by atoms with Crippen LogP contribution in [0.5, 0.6) is 0 Å². The first-order valence-electron chi connectivity index (χ1n) is 5.86. The number of hydrogen-bond acceptors (Lipinski definition) is 2. The maximum atomic E-state index is 6.32. The molecule has 1 saturated carbocycles. The van der Waals surface area contributed by atoms with Crippen LogP contribution in [-0.4, -0.2) is 4.98 Å². The van der Waals surface area contributed by atoms with Crippen molar-refractivity contribution < 1.29 is 0 Å². The predicted molar refractivity (Wildman–Crippen MR) is 65.9 cm³/mol. The first-order valence-corrected chi connectivity index (χ1v) is 5.86. The second-order valence-corrected chi connectivity index (χ2v) is 4.82. The van der Waals surface area contributed by atoms with Crippen molar-refractivity contribution >= 4 is 10.9 Å². The number of aromatic nitrogens is 1. The van der Waals surface area contributed by atoms with E-state index in [-0.39, 0.29) is 6.04 Å². The van der Waals surface area contributed by atoms with Gasteiger partial charge in [0.2, 0.25) is 0 Å². The Hall–Kier alpha value is -1.41. The van der Waals surface area contributed by atoms with Crippen LogP contribution in [0.2, 0.25) is 0 Å². The van der Waals surface area contributed by atoms with Crippen LogP contribution in [0, 0.1) is 11.8 Å². The molecule has 3 rings (SSSR count). The highest BCUT2D eigenvalue weighted by molar-refractivity contribution is 5.82. The Morgan fingerprint density at radius 2 is 2.06 bits per heavy atom. The third-order valence-corrected chi connectivity index (χ3v) is 3.66. The summed E-state index contributed by atoms with van der Waals surface area (Å²) in [5.41, 5.74) is 8.58. The maximum absolute atomic E-state index is 6.32. The molecular weight excluding hydrogens is 196 g/mol. The average Bonchev–Trinajstić information content (AvgIpc) is 3.05. The molecule has 2 heteroatoms. The minimum Gasteiger partial charge on any atom is -0.324 e. The summed E-state index contributed by atoms with van der Waals surface area (Å²) >= 11 is 0. The molecule has 2 aromatic rings. The van der Waals surface area contributed by atoms with Gasteiger partial charge < -0.3 is 5.73 Å². The van der Waals surface area contributed by atoms with E-state index in [4.69, 9.17) is 5.73 Å². The van der Waals surface area contributed by atoms with Gasteiger partial charge in [0.25, 0.3) is 0 Å². The Bertz CT molecular complexity index is 516. The van der Waals surface area contributed by atoms with Gasteiger partial charge in [0.1, 0.15) is 0 Å². The van der Waals surface area contributed by atoms with Crippen LogP contribution < -0.4 is 5.73 Å². The average molecular weight is 212 g/mol. The highest BCUT2D eigenvalue weighted by Gasteiger charge is 2.38. The first-order chi connectivity index (χ1) is 7.77. The number of pyridine rings is 1. The summed E-state index contributed by atoms with van der Waals surface area (Å²) in [5.74, 6) is 1.42. The number of rotatable bonds is 2. The molecule has 3 unspecified atom stereocenters. The molecule has 1 heterocycles. The zero-order valence-corrected chi connectivity index (χ0v) is 9.43. The number of nitrogens with zero attached hydrogens (tertiary/aromatic N) is 1. The Balaban J connectivity index is 2.09. The molecule has 2 nitrogen and oxygen atoms in total. The largest absolute Gasteiger partial charge is 0.324 e. The van der Waals surface area contributed by atoms with Crippen LogP contribution in [0.1, 0.15) is 24.9 Å². The second-order valence-electron chi connectivity index (χ2n) is 4.82. The minimum absolute atomic E-state index is 0.147. The number of para-hydroxylation sites is 1. The SMILES string of the molecule is CC1CC1C(N)c1cccc2cccnc12. The molecule has 1 aromatic carbocycles. The fourth-order valence-electron chi connectivity index (χ4n) is 2.48. The number of benzene rings is 1. The van der Waals surface area contributed by atoms with Crippen LogP contribution in [0.4, 0.5) is 0 Å². The normalized spacial score (nSPS) is 25.6. The molecule has 1 aromatic heterocycles. The summed E-state index contributed by atoms with van der Waals surface area (Å²) in [6, 6.07) is 10.5. The van der Waals surface area contributed by atoms with Gasteiger partial charge in [0.15, 0.2) is 0 Å². The molecule has 1 aliphatic carbocycles. The van der Waals surface area contributed by atoms with Gasteiger partial charge >= 0.3 is 0 Å². The molecule has 0 aliphatic heterocycles. The molecule has 1 aliphatic rings. The van der Waals surface area contributed by atoms with Crippen molar-refractivity contribution in [2.45, 2.75) is 19.4 Å². The monoisotopic (exact) mass is 212 g/mol. The number of nitrogens with two attached hydrogens (primary N) is 1. The van der Waals surface area contributed by atoms with Gasteiger partial charge in [0.05, 0.1) is 5.52 Å². The molecule has 0 amide bonds. The van der Waals surface area contributed by atoms with Gasteiger partial charge in [-0.3, -0.25) is 4.98 Å². The molecule has 0 saturated heterocycles. The van der Waals surface area contributed by atoms with E-state index < -0.39 is 0 Å². The molecular formula is C14H16N2. The van der Waals surface area contributed by atoms with Crippen molar-refractivity contribution in [2.75, 3.05) is 0 Å². The van der Waals surface area contributed by atoms with Crippen LogP contribution >= 0.6 is 0 Å². The van der Waals surface area contributed by atoms with Gasteiger partial charge in [-0.15, -0.1) is 0 Å². The van der Waals surface area contributed by atoms with Crippen LogP contribution in [0.3, 0.4) is 0 Å². The predicted octanol–water partition coefficient (Wildman–Crippen LogP) is 2.89. The zero-order chi connectivity index (χ0) is 11.1. The fourth-order valence-corrected chi connectivity index (χ4v) is 2.48. The summed E-state index contributed by atoms with van der Waals surface area (Å²) in [7, 11) is 0. The Labute approximate surface area is 95.5 Å². The molecule has 1 fully saturated rings. The number of hydrogen-bond donors (Lipinski definition) is 1. The second kappa shape index (κ2) is 3.56. The highest BCUT2D eigenvalue weighted by Crippen LogP contribution is 2.46. The van der Waals surface area contributed by atoms with Crippen molar-refractivity contribution in [2.24, 2.45) is 17.6 Å². The first kappa shape index (κ1) is 9.79. The summed E-state index contributed by atoms with van der Waals surface area (Å²) in [6.45, 7) is 2.27. The van der Waals surface area contributed by atoms with Gasteiger partial charge in [-0.25, -0.2) is 0 Å². The molecule has 0 bridgehead atoms. The summed E-state index contributed by atoms with van der Waals surface area (Å²) in [6.07, 6.45) is 3.10. The smallest absolute Gasteiger partial charge is 0.0749 e. The van der Waals surface area contributed by atoms with Crippen LogP contribution in [-0.2, 0) is 0 Å². The molecule has 82 valence electrons. The van der Waals surface area contributed by atoms with Crippen molar-refractivity contribution in [1.29, 1.82) is 0 Å². The molecule has 16 heavy (non-hydrogen) atoms. The van der Waals surface area contributed by atoms with E-state index >= 15 is 0 Å². The quantitative estimate of drug-likeness (QED) is 0.831. The van der Waals surface area contributed by atoms with Crippen LogP contribution in [0.15, 0.2) is 36.5 Å². The topological polar surface area (TPSA) is 38.9 Å². The van der Waals surface area contributed by atoms with Gasteiger partial charge in [-0.05, 0) is 29.9 Å². The van der Waals surface area contributed by atoms with E-state index in [0.29, 0.717) is 5.92 Å². The van der Waals surface area contributed by atoms with Gasteiger partial charge in [-0.1, -0.05) is 31.2 Å². The lowest BCUT2D eigenvalue weighted by molar-refractivity contribution is 0.596. The Morgan fingerprint density at radius 3 is 2.81 bits per heavy atom. The molecule has 3 atom stereocenters. The van der Waals surface area contributed by atoms with Crippen molar-refractivity contribution in [3.8, 4) is 0 Å². The highest BCUT2D eigenvalue weighted by atomic mass is 14.7. The van der Waals surface area contributed by atoms with Crippen molar-refractivity contribution in [3.63, 3.8) is 0 Å². The lowest BCUT2D eigenvalue weighted by atomic mass is 9.99. The number of fused-ring (bicyclic) bond motifs is 1. The van der Waals surface area contributed by atoms with Gasteiger partial charge in [-0.2, -0.15) is 0 Å². The van der Waals surface area contributed by atoms with E-state index in [1.807, 2.05) is 12.3 Å². The van der Waals surface area contributed by atoms with Gasteiger partial charge in [0, 0.05) is 17.6 Å². The van der Waals surface area contributed by atoms with E-state index in [0.717, 1.165) is 11.4 Å². The van der Waals surface area contributed by atoms with Crippen molar-refractivity contribution in [1.82, 2.24) is 4.98 Å². The Morgan fingerprint density at radius 1 is 1.31 bits per heavy atom. The summed E-state index contributed by atoms with van der Waals surface area (Å²) < 4.78 is 0. The van der Waals surface area contributed by atoms with E-state index in [2.05, 4.69) is 36.2 Å².